The number of amides is 2. The lowest BCUT2D eigenvalue weighted by atomic mass is 10.00. The minimum absolute atomic E-state index is 0.0427. The number of ether oxygens (including phenoxy) is 1. The molecule has 4 rings (SSSR count). The Morgan fingerprint density at radius 2 is 1.95 bits per heavy atom. The smallest absolute Gasteiger partial charge is 0.254 e. The average Bonchev–Trinajstić information content (AvgIpc) is 3.36. The molecule has 1 aliphatic rings. The minimum atomic E-state index is -0.403. The molecular formula is C29H32ClFN2O3S. The van der Waals surface area contributed by atoms with Crippen molar-refractivity contribution in [2.45, 2.75) is 39.7 Å². The molecule has 0 aliphatic carbocycles. The summed E-state index contributed by atoms with van der Waals surface area (Å²) in [6.45, 7) is 7.35. The highest BCUT2D eigenvalue weighted by Gasteiger charge is 2.33. The third-order valence-corrected chi connectivity index (χ3v) is 8.05. The number of aryl methyl sites for hydroxylation is 1. The molecule has 0 N–H and O–H groups in total. The number of benzene rings is 2. The summed E-state index contributed by atoms with van der Waals surface area (Å²) in [4.78, 5) is 31.7. The number of halogens is 2. The van der Waals surface area contributed by atoms with Crippen molar-refractivity contribution in [1.82, 2.24) is 9.80 Å². The summed E-state index contributed by atoms with van der Waals surface area (Å²) in [5, 5.41) is 2.72. The first kappa shape index (κ1) is 27.1. The molecule has 0 bridgehead atoms. The SMILES string of the molecule is Cc1cc(OCC2c3ccsc3CCN2C(=O)CN(CCC(C)C)C(=O)c2ccc(F)cc2)ccc1Cl. The van der Waals surface area contributed by atoms with Crippen LogP contribution in [0.25, 0.3) is 0 Å². The maximum atomic E-state index is 13.7. The maximum absolute atomic E-state index is 13.7. The molecule has 1 atom stereocenters. The van der Waals surface area contributed by atoms with Gasteiger partial charge in [0.2, 0.25) is 5.91 Å². The van der Waals surface area contributed by atoms with Crippen LogP contribution in [0, 0.1) is 18.7 Å². The summed E-state index contributed by atoms with van der Waals surface area (Å²) >= 11 is 7.85. The molecule has 0 fully saturated rings. The summed E-state index contributed by atoms with van der Waals surface area (Å²) < 4.78 is 19.6. The number of thiophene rings is 1. The normalized spacial score (nSPS) is 15.0. The molecule has 2 aromatic carbocycles. The van der Waals surface area contributed by atoms with Crippen LogP contribution in [-0.4, -0.2) is 47.9 Å². The van der Waals surface area contributed by atoms with Crippen molar-refractivity contribution in [2.75, 3.05) is 26.2 Å². The van der Waals surface area contributed by atoms with E-state index < -0.39 is 5.82 Å². The average molecular weight is 543 g/mol. The van der Waals surface area contributed by atoms with Gasteiger partial charge in [-0.15, -0.1) is 11.3 Å². The molecule has 0 spiro atoms. The zero-order valence-electron chi connectivity index (χ0n) is 21.4. The van der Waals surface area contributed by atoms with Gasteiger partial charge in [-0.2, -0.15) is 0 Å². The Morgan fingerprint density at radius 3 is 2.65 bits per heavy atom. The Balaban J connectivity index is 1.53. The second kappa shape index (κ2) is 12.1. The first-order valence-corrected chi connectivity index (χ1v) is 13.8. The van der Waals surface area contributed by atoms with E-state index in [2.05, 4.69) is 19.9 Å². The highest BCUT2D eigenvalue weighted by molar-refractivity contribution is 7.10. The fourth-order valence-corrected chi connectivity index (χ4v) is 5.50. The van der Waals surface area contributed by atoms with Crippen LogP contribution in [0.1, 0.15) is 52.7 Å². The maximum Gasteiger partial charge on any atom is 0.254 e. The van der Waals surface area contributed by atoms with Gasteiger partial charge in [0.15, 0.2) is 0 Å². The van der Waals surface area contributed by atoms with Crippen molar-refractivity contribution in [3.05, 3.63) is 86.3 Å². The standard InChI is InChI=1S/C29H32ClFN2O3S/c1-19(2)10-13-32(29(35)21-4-6-22(31)7-5-21)17-28(34)33-14-11-27-24(12-15-37-27)26(33)18-36-23-8-9-25(30)20(3)16-23/h4-9,12,15-16,19,26H,10-11,13-14,17-18H2,1-3H3. The van der Waals surface area contributed by atoms with E-state index in [0.29, 0.717) is 41.9 Å². The Labute approximate surface area is 226 Å². The van der Waals surface area contributed by atoms with Gasteiger partial charge in [0.1, 0.15) is 24.7 Å². The molecular weight excluding hydrogens is 511 g/mol. The van der Waals surface area contributed by atoms with Crippen molar-refractivity contribution in [3.63, 3.8) is 0 Å². The number of fused-ring (bicyclic) bond motifs is 1. The van der Waals surface area contributed by atoms with Crippen LogP contribution in [-0.2, 0) is 11.2 Å². The van der Waals surface area contributed by atoms with Crippen LogP contribution in [0.15, 0.2) is 53.9 Å². The largest absolute Gasteiger partial charge is 0.491 e. The number of carbonyl (C=O) groups excluding carboxylic acids is 2. The van der Waals surface area contributed by atoms with Gasteiger partial charge in [0, 0.05) is 28.6 Å². The van der Waals surface area contributed by atoms with E-state index in [1.807, 2.05) is 29.3 Å². The third kappa shape index (κ3) is 6.70. The zero-order valence-corrected chi connectivity index (χ0v) is 22.9. The summed E-state index contributed by atoms with van der Waals surface area (Å²) in [6.07, 6.45) is 1.53. The molecule has 2 amide bonds. The van der Waals surface area contributed by atoms with Gasteiger partial charge in [0.05, 0.1) is 6.04 Å². The van der Waals surface area contributed by atoms with Gasteiger partial charge >= 0.3 is 0 Å². The van der Waals surface area contributed by atoms with E-state index in [1.165, 1.54) is 29.1 Å². The summed E-state index contributed by atoms with van der Waals surface area (Å²) in [5.41, 5.74) is 2.38. The topological polar surface area (TPSA) is 49.9 Å². The molecule has 1 unspecified atom stereocenters. The molecule has 0 saturated heterocycles. The van der Waals surface area contributed by atoms with Crippen molar-refractivity contribution in [3.8, 4) is 5.75 Å². The number of hydrogen-bond donors (Lipinski definition) is 0. The lowest BCUT2D eigenvalue weighted by Crippen LogP contribution is -2.48. The second-order valence-electron chi connectivity index (χ2n) is 9.79. The quantitative estimate of drug-likeness (QED) is 0.308. The molecule has 2 heterocycles. The minimum Gasteiger partial charge on any atom is -0.491 e. The predicted octanol–water partition coefficient (Wildman–Crippen LogP) is 6.54. The number of nitrogens with zero attached hydrogens (tertiary/aromatic N) is 2. The van der Waals surface area contributed by atoms with Crippen LogP contribution in [0.5, 0.6) is 5.75 Å². The van der Waals surface area contributed by atoms with Crippen molar-refractivity contribution in [1.29, 1.82) is 0 Å². The Bertz CT molecular complexity index is 1240. The first-order chi connectivity index (χ1) is 17.7. The van der Waals surface area contributed by atoms with E-state index in [-0.39, 0.29) is 24.4 Å². The Morgan fingerprint density at radius 1 is 1.19 bits per heavy atom. The van der Waals surface area contributed by atoms with Crippen LogP contribution in [0.3, 0.4) is 0 Å². The molecule has 0 radical (unpaired) electrons. The van der Waals surface area contributed by atoms with Crippen LogP contribution in [0.2, 0.25) is 5.02 Å². The predicted molar refractivity (Wildman–Crippen MR) is 146 cm³/mol. The van der Waals surface area contributed by atoms with Gasteiger partial charge < -0.3 is 14.5 Å². The molecule has 37 heavy (non-hydrogen) atoms. The number of carbonyl (C=O) groups is 2. The molecule has 5 nitrogen and oxygen atoms in total. The summed E-state index contributed by atoms with van der Waals surface area (Å²) in [7, 11) is 0. The molecule has 0 saturated carbocycles. The van der Waals surface area contributed by atoms with Crippen LogP contribution < -0.4 is 4.74 Å². The summed E-state index contributed by atoms with van der Waals surface area (Å²) in [6, 6.07) is 12.8. The van der Waals surface area contributed by atoms with Crippen molar-refractivity contribution >= 4 is 34.8 Å². The van der Waals surface area contributed by atoms with Gasteiger partial charge in [-0.3, -0.25) is 9.59 Å². The van der Waals surface area contributed by atoms with Gasteiger partial charge in [0.25, 0.3) is 5.91 Å². The number of hydrogen-bond acceptors (Lipinski definition) is 4. The Kier molecular flexibility index (Phi) is 8.87. The van der Waals surface area contributed by atoms with Crippen molar-refractivity contribution in [2.24, 2.45) is 5.92 Å². The van der Waals surface area contributed by atoms with Gasteiger partial charge in [-0.05, 0) is 90.7 Å². The van der Waals surface area contributed by atoms with Gasteiger partial charge in [-0.1, -0.05) is 25.4 Å². The number of rotatable bonds is 9. The van der Waals surface area contributed by atoms with Crippen molar-refractivity contribution < 1.29 is 18.7 Å². The lowest BCUT2D eigenvalue weighted by molar-refractivity contribution is -0.135. The van der Waals surface area contributed by atoms with E-state index >= 15 is 0 Å². The van der Waals surface area contributed by atoms with E-state index in [1.54, 1.807) is 22.3 Å². The zero-order chi connectivity index (χ0) is 26.5. The van der Waals surface area contributed by atoms with E-state index in [9.17, 15) is 14.0 Å². The molecule has 1 aromatic heterocycles. The molecule has 1 aliphatic heterocycles. The van der Waals surface area contributed by atoms with Crippen LogP contribution >= 0.6 is 22.9 Å². The fraction of sp³-hybridized carbons (Fsp3) is 0.379. The second-order valence-corrected chi connectivity index (χ2v) is 11.2. The van der Waals surface area contributed by atoms with Gasteiger partial charge in [-0.25, -0.2) is 4.39 Å². The highest BCUT2D eigenvalue weighted by atomic mass is 35.5. The first-order valence-electron chi connectivity index (χ1n) is 12.5. The Hall–Kier alpha value is -2.90. The lowest BCUT2D eigenvalue weighted by Gasteiger charge is -2.37. The fourth-order valence-electron chi connectivity index (χ4n) is 4.45. The monoisotopic (exact) mass is 542 g/mol. The summed E-state index contributed by atoms with van der Waals surface area (Å²) in [5.74, 6) is 0.260. The van der Waals surface area contributed by atoms with Crippen LogP contribution in [0.4, 0.5) is 4.39 Å². The van der Waals surface area contributed by atoms with E-state index in [0.717, 1.165) is 24.0 Å². The molecule has 3 aromatic rings. The highest BCUT2D eigenvalue weighted by Crippen LogP contribution is 2.34. The molecule has 196 valence electrons. The third-order valence-electron chi connectivity index (χ3n) is 6.63. The van der Waals surface area contributed by atoms with E-state index in [4.69, 9.17) is 16.3 Å². The molecule has 8 heteroatoms.